The van der Waals surface area contributed by atoms with Gasteiger partial charge in [-0.1, -0.05) is 29.8 Å². The molecule has 0 spiro atoms. The van der Waals surface area contributed by atoms with Gasteiger partial charge >= 0.3 is 0 Å². The Bertz CT molecular complexity index is 921. The molecule has 8 nitrogen and oxygen atoms in total. The van der Waals surface area contributed by atoms with Crippen molar-refractivity contribution in [1.82, 2.24) is 40.0 Å². The van der Waals surface area contributed by atoms with Crippen LogP contribution in [0.5, 0.6) is 0 Å². The first-order valence-corrected chi connectivity index (χ1v) is 15.3. The predicted molar refractivity (Wildman–Crippen MR) is 153 cm³/mol. The van der Waals surface area contributed by atoms with Gasteiger partial charge in [0.05, 0.1) is 0 Å². The molecule has 4 aliphatic rings. The standard InChI is InChI=1S/C13H19ClN4.C8H16N2.C5H4BrClN2/c1-2-17-8-11-3-4-12(9-17)18(11)7-10-5-15-13(14)16-6-10;1-2-10-7-3-4-8(10)6-9-5-7;6-1-4-2-8-5(7)9-3-4/h5-6,11-12H,2-4,7-9H2,1H3;7-9H,2-6H2,1H3;2-3H,1H2. The van der Waals surface area contributed by atoms with Gasteiger partial charge in [0.2, 0.25) is 10.6 Å². The number of piperazine rings is 2. The van der Waals surface area contributed by atoms with Crippen LogP contribution in [0.4, 0.5) is 0 Å². The van der Waals surface area contributed by atoms with E-state index in [0.717, 1.165) is 29.5 Å². The summed E-state index contributed by atoms with van der Waals surface area (Å²) in [5.41, 5.74) is 2.20. The Kier molecular flexibility index (Phi) is 11.3. The Morgan fingerprint density at radius 2 is 1.24 bits per heavy atom. The van der Waals surface area contributed by atoms with E-state index >= 15 is 0 Å². The number of hydrogen-bond donors (Lipinski definition) is 1. The Balaban J connectivity index is 0.000000143. The highest BCUT2D eigenvalue weighted by molar-refractivity contribution is 9.08. The van der Waals surface area contributed by atoms with E-state index in [9.17, 15) is 0 Å². The van der Waals surface area contributed by atoms with E-state index in [1.165, 1.54) is 70.5 Å². The van der Waals surface area contributed by atoms with Crippen LogP contribution in [0.2, 0.25) is 10.6 Å². The topological polar surface area (TPSA) is 73.3 Å². The molecule has 4 aliphatic heterocycles. The van der Waals surface area contributed by atoms with Crippen LogP contribution >= 0.6 is 39.1 Å². The Labute approximate surface area is 239 Å². The van der Waals surface area contributed by atoms with E-state index in [2.05, 4.69) is 69.7 Å². The minimum atomic E-state index is 0.291. The second kappa shape index (κ2) is 14.4. The fraction of sp³-hybridized carbons (Fsp3) is 0.692. The maximum Gasteiger partial charge on any atom is 0.222 e. The summed E-state index contributed by atoms with van der Waals surface area (Å²) in [6, 6.07) is 3.14. The largest absolute Gasteiger partial charge is 0.314 e. The van der Waals surface area contributed by atoms with Crippen molar-refractivity contribution in [3.63, 3.8) is 0 Å². The van der Waals surface area contributed by atoms with Crippen LogP contribution in [0.1, 0.15) is 50.7 Å². The van der Waals surface area contributed by atoms with Gasteiger partial charge in [0, 0.05) is 92.6 Å². The zero-order valence-corrected chi connectivity index (χ0v) is 25.0. The summed E-state index contributed by atoms with van der Waals surface area (Å²) in [4.78, 5) is 23.5. The van der Waals surface area contributed by atoms with E-state index in [1.54, 1.807) is 12.4 Å². The second-order valence-electron chi connectivity index (χ2n) is 10.1. The quantitative estimate of drug-likeness (QED) is 0.396. The molecule has 11 heteroatoms. The molecule has 0 amide bonds. The number of hydrogen-bond acceptors (Lipinski definition) is 8. The van der Waals surface area contributed by atoms with Gasteiger partial charge in [-0.25, -0.2) is 19.9 Å². The lowest BCUT2D eigenvalue weighted by Gasteiger charge is -2.40. The Hall–Kier alpha value is -0.940. The molecule has 0 aliphatic carbocycles. The number of alkyl halides is 1. The summed E-state index contributed by atoms with van der Waals surface area (Å²) in [5.74, 6) is 0. The van der Waals surface area contributed by atoms with Gasteiger partial charge in [0.15, 0.2) is 0 Å². The van der Waals surface area contributed by atoms with Gasteiger partial charge in [-0.3, -0.25) is 9.80 Å². The zero-order valence-electron chi connectivity index (χ0n) is 21.9. The SMILES string of the molecule is CCN1C2CCC1CNC2.CCN1CC2CCC(C1)N2Cc1cnc(Cl)nc1.Clc1ncc(CBr)cn1. The molecular weight excluding hydrogens is 575 g/mol. The summed E-state index contributed by atoms with van der Waals surface area (Å²) >= 11 is 14.4. The Morgan fingerprint density at radius 3 is 1.68 bits per heavy atom. The van der Waals surface area contributed by atoms with E-state index in [1.807, 2.05) is 12.4 Å². The fourth-order valence-corrected chi connectivity index (χ4v) is 6.50. The van der Waals surface area contributed by atoms with Crippen molar-refractivity contribution in [3.05, 3.63) is 46.5 Å². The van der Waals surface area contributed by atoms with E-state index in [-0.39, 0.29) is 0 Å². The molecule has 0 radical (unpaired) electrons. The molecule has 37 heavy (non-hydrogen) atoms. The van der Waals surface area contributed by atoms with Crippen LogP contribution in [0.3, 0.4) is 0 Å². The van der Waals surface area contributed by atoms with E-state index in [4.69, 9.17) is 23.2 Å². The lowest BCUT2D eigenvalue weighted by molar-refractivity contribution is 0.0640. The van der Waals surface area contributed by atoms with Gasteiger partial charge in [-0.15, -0.1) is 0 Å². The monoisotopic (exact) mass is 612 g/mol. The first-order chi connectivity index (χ1) is 18.0. The molecule has 4 saturated heterocycles. The van der Waals surface area contributed by atoms with Crippen molar-refractivity contribution in [2.45, 2.75) is 75.6 Å². The number of fused-ring (bicyclic) bond motifs is 4. The highest BCUT2D eigenvalue weighted by Crippen LogP contribution is 2.31. The van der Waals surface area contributed by atoms with Crippen LogP contribution in [-0.4, -0.2) is 98.1 Å². The van der Waals surface area contributed by atoms with E-state index < -0.39 is 0 Å². The van der Waals surface area contributed by atoms with Crippen LogP contribution in [0, 0.1) is 0 Å². The van der Waals surface area contributed by atoms with Crippen LogP contribution in [-0.2, 0) is 11.9 Å². The number of nitrogens with zero attached hydrogens (tertiary/aromatic N) is 7. The molecule has 1 N–H and O–H groups in total. The maximum atomic E-state index is 5.72. The molecular formula is C26H39BrCl2N8. The van der Waals surface area contributed by atoms with Crippen molar-refractivity contribution in [1.29, 1.82) is 0 Å². The highest BCUT2D eigenvalue weighted by atomic mass is 79.9. The molecule has 2 aromatic rings. The average molecular weight is 614 g/mol. The van der Waals surface area contributed by atoms with Crippen LogP contribution < -0.4 is 5.32 Å². The summed E-state index contributed by atoms with van der Waals surface area (Å²) in [6.45, 7) is 12.8. The van der Waals surface area contributed by atoms with Gasteiger partial charge in [-0.2, -0.15) is 0 Å². The third kappa shape index (κ3) is 8.03. The molecule has 6 heterocycles. The number of rotatable bonds is 5. The maximum absolute atomic E-state index is 5.72. The van der Waals surface area contributed by atoms with Gasteiger partial charge in [-0.05, 0) is 67.5 Å². The third-order valence-corrected chi connectivity index (χ3v) is 8.96. The number of nitrogens with one attached hydrogen (secondary N) is 1. The second-order valence-corrected chi connectivity index (χ2v) is 11.4. The number of aromatic nitrogens is 4. The summed E-state index contributed by atoms with van der Waals surface area (Å²) in [6.07, 6.45) is 12.6. The van der Waals surface area contributed by atoms with Crippen molar-refractivity contribution in [2.75, 3.05) is 39.3 Å². The van der Waals surface area contributed by atoms with Crippen LogP contribution in [0.15, 0.2) is 24.8 Å². The van der Waals surface area contributed by atoms with Gasteiger partial charge < -0.3 is 10.2 Å². The van der Waals surface area contributed by atoms with Crippen LogP contribution in [0.25, 0.3) is 0 Å². The van der Waals surface area contributed by atoms with E-state index in [0.29, 0.717) is 22.7 Å². The first kappa shape index (κ1) is 29.1. The molecule has 204 valence electrons. The van der Waals surface area contributed by atoms with Crippen molar-refractivity contribution >= 4 is 39.1 Å². The molecule has 4 atom stereocenters. The average Bonchev–Trinajstić information content (AvgIpc) is 3.29. The zero-order chi connectivity index (χ0) is 26.2. The number of halogens is 3. The lowest BCUT2D eigenvalue weighted by atomic mass is 10.1. The minimum absolute atomic E-state index is 0.291. The van der Waals surface area contributed by atoms with Crippen molar-refractivity contribution in [2.24, 2.45) is 0 Å². The molecule has 2 aromatic heterocycles. The molecule has 6 rings (SSSR count). The minimum Gasteiger partial charge on any atom is -0.314 e. The van der Waals surface area contributed by atoms with Gasteiger partial charge in [0.1, 0.15) is 0 Å². The van der Waals surface area contributed by atoms with Crippen molar-refractivity contribution < 1.29 is 0 Å². The third-order valence-electron chi connectivity index (χ3n) is 7.92. The summed E-state index contributed by atoms with van der Waals surface area (Å²) < 4.78 is 0. The molecule has 0 aromatic carbocycles. The first-order valence-electron chi connectivity index (χ1n) is 13.4. The highest BCUT2D eigenvalue weighted by Gasteiger charge is 2.39. The molecule has 0 saturated carbocycles. The lowest BCUT2D eigenvalue weighted by Crippen LogP contribution is -2.52. The number of likely N-dealkylation sites (tertiary alicyclic amines) is 1. The normalized spacial score (nSPS) is 27.3. The Morgan fingerprint density at radius 1 is 0.757 bits per heavy atom. The molecule has 4 unspecified atom stereocenters. The van der Waals surface area contributed by atoms with Crippen molar-refractivity contribution in [3.8, 4) is 0 Å². The number of likely N-dealkylation sites (N-methyl/N-ethyl adjacent to an activating group) is 2. The summed E-state index contributed by atoms with van der Waals surface area (Å²) in [7, 11) is 0. The smallest absolute Gasteiger partial charge is 0.222 e. The van der Waals surface area contributed by atoms with Gasteiger partial charge in [0.25, 0.3) is 0 Å². The summed E-state index contributed by atoms with van der Waals surface area (Å²) in [5, 5.41) is 4.86. The molecule has 4 bridgehead atoms. The molecule has 4 fully saturated rings. The fourth-order valence-electron chi connectivity index (χ4n) is 6.02. The predicted octanol–water partition coefficient (Wildman–Crippen LogP) is 4.27.